The Balaban J connectivity index is 0.000000372. The van der Waals surface area contributed by atoms with Crippen LogP contribution in [0, 0.1) is 0 Å². The molecule has 0 aliphatic heterocycles. The molecule has 4 nitrogen and oxygen atoms in total. The smallest absolute Gasteiger partial charge is 0.0886 e. The molecule has 2 heterocycles. The van der Waals surface area contributed by atoms with Gasteiger partial charge in [-0.2, -0.15) is 0 Å². The molecule has 122 valence electrons. The number of hydrogen-bond acceptors (Lipinski definition) is 4. The second-order valence-electron chi connectivity index (χ2n) is 3.99. The third-order valence-electron chi connectivity index (χ3n) is 2.41. The van der Waals surface area contributed by atoms with Crippen molar-refractivity contribution in [3.8, 4) is 11.4 Å². The summed E-state index contributed by atoms with van der Waals surface area (Å²) in [5, 5.41) is 0. The fraction of sp³-hybridized carbons (Fsp3) is 0.444. The van der Waals surface area contributed by atoms with Gasteiger partial charge in [0.25, 0.3) is 0 Å². The normalized spacial score (nSPS) is 9.09. The second kappa shape index (κ2) is 15.6. The molecule has 22 heavy (non-hydrogen) atoms. The second-order valence-corrected chi connectivity index (χ2v) is 3.99. The monoisotopic (exact) mass is 304 g/mol. The number of pyridine rings is 2. The van der Waals surface area contributed by atoms with E-state index in [9.17, 15) is 0 Å². The van der Waals surface area contributed by atoms with Gasteiger partial charge in [0.1, 0.15) is 0 Å². The predicted octanol–water partition coefficient (Wildman–Crippen LogP) is 4.23. The zero-order valence-corrected chi connectivity index (χ0v) is 14.2. The summed E-state index contributed by atoms with van der Waals surface area (Å²) in [5.41, 5.74) is 1.83. The molecule has 0 aliphatic carbocycles. The summed E-state index contributed by atoms with van der Waals surface area (Å²) in [6.07, 6.45) is 3.54. The van der Waals surface area contributed by atoms with Crippen LogP contribution in [0.3, 0.4) is 0 Å². The zero-order valence-electron chi connectivity index (χ0n) is 14.2. The summed E-state index contributed by atoms with van der Waals surface area (Å²) in [7, 11) is 0. The first-order chi connectivity index (χ1) is 10.8. The molecule has 0 amide bonds. The minimum atomic E-state index is 0.844. The lowest BCUT2D eigenvalue weighted by Gasteiger charge is -1.96. The van der Waals surface area contributed by atoms with Crippen molar-refractivity contribution in [2.45, 2.75) is 27.7 Å². The van der Waals surface area contributed by atoms with Gasteiger partial charge in [0.05, 0.1) is 11.4 Å². The zero-order chi connectivity index (χ0) is 16.5. The van der Waals surface area contributed by atoms with Crippen LogP contribution in [-0.4, -0.2) is 36.4 Å². The van der Waals surface area contributed by atoms with Gasteiger partial charge in [0.15, 0.2) is 0 Å². The summed E-state index contributed by atoms with van der Waals surface area (Å²) in [5.74, 6) is 0. The highest BCUT2D eigenvalue weighted by Gasteiger charge is 1.95. The summed E-state index contributed by atoms with van der Waals surface area (Å²) in [6.45, 7) is 11.3. The van der Waals surface area contributed by atoms with E-state index < -0.39 is 0 Å². The summed E-state index contributed by atoms with van der Waals surface area (Å²) in [4.78, 5) is 8.37. The first-order valence-corrected chi connectivity index (χ1v) is 7.77. The molecule has 0 spiro atoms. The quantitative estimate of drug-likeness (QED) is 0.829. The lowest BCUT2D eigenvalue weighted by Crippen LogP contribution is -1.84. The number of ether oxygens (including phenoxy) is 2. The standard InChI is InChI=1S/C10H8N2.2C4H10O/c1-3-7-11-9(5-1)10-6-2-4-8-12-10;2*1-3-5-4-2/h1-8H;2*3-4H2,1-2H3. The Hall–Kier alpha value is -1.78. The van der Waals surface area contributed by atoms with E-state index in [0.717, 1.165) is 37.8 Å². The van der Waals surface area contributed by atoms with Crippen molar-refractivity contribution in [1.82, 2.24) is 9.97 Å². The maximum atomic E-state index is 4.83. The highest BCUT2D eigenvalue weighted by atomic mass is 16.5. The van der Waals surface area contributed by atoms with E-state index in [1.165, 1.54) is 0 Å². The van der Waals surface area contributed by atoms with Crippen LogP contribution in [0.25, 0.3) is 11.4 Å². The van der Waals surface area contributed by atoms with Crippen LogP contribution in [0.5, 0.6) is 0 Å². The molecule has 0 fully saturated rings. The SMILES string of the molecule is CCOCC.CCOCC.c1ccc(-c2ccccn2)nc1. The van der Waals surface area contributed by atoms with Gasteiger partial charge >= 0.3 is 0 Å². The third-order valence-corrected chi connectivity index (χ3v) is 2.41. The van der Waals surface area contributed by atoms with Gasteiger partial charge < -0.3 is 9.47 Å². The van der Waals surface area contributed by atoms with Crippen LogP contribution in [-0.2, 0) is 9.47 Å². The molecule has 0 saturated heterocycles. The maximum Gasteiger partial charge on any atom is 0.0886 e. The van der Waals surface area contributed by atoms with Crippen LogP contribution in [0.1, 0.15) is 27.7 Å². The topological polar surface area (TPSA) is 44.2 Å². The van der Waals surface area contributed by atoms with E-state index in [1.807, 2.05) is 64.1 Å². The highest BCUT2D eigenvalue weighted by Crippen LogP contribution is 2.10. The maximum absolute atomic E-state index is 4.83. The molecule has 0 N–H and O–H groups in total. The van der Waals surface area contributed by atoms with Crippen LogP contribution >= 0.6 is 0 Å². The van der Waals surface area contributed by atoms with Crippen LogP contribution in [0.2, 0.25) is 0 Å². The molecule has 4 heteroatoms. The van der Waals surface area contributed by atoms with E-state index in [1.54, 1.807) is 12.4 Å². The molecule has 0 bridgehead atoms. The Morgan fingerprint density at radius 1 is 0.636 bits per heavy atom. The van der Waals surface area contributed by atoms with E-state index in [2.05, 4.69) is 9.97 Å². The molecule has 2 aromatic rings. The van der Waals surface area contributed by atoms with Crippen molar-refractivity contribution in [2.24, 2.45) is 0 Å². The lowest BCUT2D eigenvalue weighted by molar-refractivity contribution is 0.162. The highest BCUT2D eigenvalue weighted by molar-refractivity contribution is 5.52. The Labute approximate surface area is 134 Å². The summed E-state index contributed by atoms with van der Waals surface area (Å²) in [6, 6.07) is 11.6. The van der Waals surface area contributed by atoms with Crippen molar-refractivity contribution in [2.75, 3.05) is 26.4 Å². The van der Waals surface area contributed by atoms with Gasteiger partial charge in [0, 0.05) is 38.8 Å². The first-order valence-electron chi connectivity index (χ1n) is 7.77. The van der Waals surface area contributed by atoms with E-state index in [0.29, 0.717) is 0 Å². The van der Waals surface area contributed by atoms with Crippen LogP contribution in [0.4, 0.5) is 0 Å². The average molecular weight is 304 g/mol. The third kappa shape index (κ3) is 10.9. The van der Waals surface area contributed by atoms with Crippen molar-refractivity contribution in [3.63, 3.8) is 0 Å². The Kier molecular flexibility index (Phi) is 14.3. The van der Waals surface area contributed by atoms with Gasteiger partial charge in [-0.05, 0) is 52.0 Å². The largest absolute Gasteiger partial charge is 0.382 e. The Morgan fingerprint density at radius 2 is 1.00 bits per heavy atom. The van der Waals surface area contributed by atoms with Crippen LogP contribution in [0.15, 0.2) is 48.8 Å². The predicted molar refractivity (Wildman–Crippen MR) is 91.8 cm³/mol. The Morgan fingerprint density at radius 3 is 1.18 bits per heavy atom. The number of hydrogen-bond donors (Lipinski definition) is 0. The van der Waals surface area contributed by atoms with Gasteiger partial charge in [-0.15, -0.1) is 0 Å². The molecule has 0 atom stereocenters. The minimum absolute atomic E-state index is 0.844. The summed E-state index contributed by atoms with van der Waals surface area (Å²) >= 11 is 0. The number of nitrogens with zero attached hydrogens (tertiary/aromatic N) is 2. The molecule has 0 aliphatic rings. The average Bonchev–Trinajstić information content (AvgIpc) is 2.59. The fourth-order valence-electron chi connectivity index (χ4n) is 1.44. The van der Waals surface area contributed by atoms with E-state index in [4.69, 9.17) is 9.47 Å². The van der Waals surface area contributed by atoms with Crippen molar-refractivity contribution in [1.29, 1.82) is 0 Å². The summed E-state index contributed by atoms with van der Waals surface area (Å²) < 4.78 is 9.67. The van der Waals surface area contributed by atoms with E-state index >= 15 is 0 Å². The van der Waals surface area contributed by atoms with E-state index in [-0.39, 0.29) is 0 Å². The van der Waals surface area contributed by atoms with Gasteiger partial charge in [-0.25, -0.2) is 0 Å². The molecule has 2 rings (SSSR count). The van der Waals surface area contributed by atoms with Crippen molar-refractivity contribution >= 4 is 0 Å². The molecular weight excluding hydrogens is 276 g/mol. The molecule has 0 saturated carbocycles. The molecule has 2 aromatic heterocycles. The molecule has 0 unspecified atom stereocenters. The first kappa shape index (κ1) is 20.2. The van der Waals surface area contributed by atoms with Gasteiger partial charge in [-0.1, -0.05) is 12.1 Å². The van der Waals surface area contributed by atoms with Gasteiger partial charge in [-0.3, -0.25) is 9.97 Å². The van der Waals surface area contributed by atoms with Gasteiger partial charge in [0.2, 0.25) is 0 Å². The molecule has 0 aromatic carbocycles. The van der Waals surface area contributed by atoms with Crippen molar-refractivity contribution in [3.05, 3.63) is 48.8 Å². The van der Waals surface area contributed by atoms with Crippen LogP contribution < -0.4 is 0 Å². The fourth-order valence-corrected chi connectivity index (χ4v) is 1.44. The molecular formula is C18H28N2O2. The molecule has 0 radical (unpaired) electrons. The van der Waals surface area contributed by atoms with Crippen molar-refractivity contribution < 1.29 is 9.47 Å². The number of rotatable bonds is 5. The number of aromatic nitrogens is 2. The minimum Gasteiger partial charge on any atom is -0.382 e. The lowest BCUT2D eigenvalue weighted by atomic mass is 10.2. The Bertz CT molecular complexity index is 388.